The Kier molecular flexibility index (Phi) is 7.73. The van der Waals surface area contributed by atoms with Crippen molar-refractivity contribution in [3.05, 3.63) is 71.6 Å². The maximum atomic E-state index is 12.3. The van der Waals surface area contributed by atoms with Crippen molar-refractivity contribution in [2.45, 2.75) is 39.5 Å². The van der Waals surface area contributed by atoms with Gasteiger partial charge in [-0.05, 0) is 50.6 Å². The topological polar surface area (TPSA) is 64.8 Å². The van der Waals surface area contributed by atoms with Gasteiger partial charge in [0.05, 0.1) is 6.61 Å². The van der Waals surface area contributed by atoms with Gasteiger partial charge in [0, 0.05) is 30.2 Å². The Hall–Kier alpha value is -2.77. The Morgan fingerprint density at radius 3 is 2.70 bits per heavy atom. The van der Waals surface area contributed by atoms with Gasteiger partial charge in [0.2, 0.25) is 5.89 Å². The van der Waals surface area contributed by atoms with Crippen LogP contribution in [0.1, 0.15) is 37.0 Å². The van der Waals surface area contributed by atoms with E-state index >= 15 is 0 Å². The van der Waals surface area contributed by atoms with Gasteiger partial charge in [-0.1, -0.05) is 30.3 Å². The average molecular weight is 467 g/mol. The van der Waals surface area contributed by atoms with E-state index < -0.39 is 0 Å². The number of aryl methyl sites for hydroxylation is 1. The van der Waals surface area contributed by atoms with Crippen LogP contribution in [0.5, 0.6) is 5.75 Å². The van der Waals surface area contributed by atoms with Gasteiger partial charge in [0.15, 0.2) is 0 Å². The number of nitrogens with zero attached hydrogens (tertiary/aromatic N) is 2. The Balaban J connectivity index is 1.39. The van der Waals surface area contributed by atoms with E-state index in [1.54, 1.807) is 11.8 Å². The fourth-order valence-electron chi connectivity index (χ4n) is 3.94. The summed E-state index contributed by atoms with van der Waals surface area (Å²) in [6, 6.07) is 17.7. The number of ether oxygens (including phenoxy) is 2. The summed E-state index contributed by atoms with van der Waals surface area (Å²) in [6.07, 6.45) is -0.246. The summed E-state index contributed by atoms with van der Waals surface area (Å²) in [6.45, 7) is 7.73. The summed E-state index contributed by atoms with van der Waals surface area (Å²) >= 11 is 1.80. The van der Waals surface area contributed by atoms with Gasteiger partial charge >= 0.3 is 5.97 Å². The number of rotatable bonds is 8. The van der Waals surface area contributed by atoms with Crippen LogP contribution >= 0.6 is 11.8 Å². The lowest BCUT2D eigenvalue weighted by molar-refractivity contribution is -0.148. The number of oxazole rings is 1. The molecule has 4 rings (SSSR count). The molecular formula is C26H30N2O4S. The molecule has 0 spiro atoms. The minimum absolute atomic E-state index is 0.128. The Morgan fingerprint density at radius 1 is 1.21 bits per heavy atom. The molecular weight excluding hydrogens is 436 g/mol. The molecule has 0 amide bonds. The van der Waals surface area contributed by atoms with E-state index in [4.69, 9.17) is 13.9 Å². The number of esters is 1. The standard InChI is InChI=1S/C26H30N2O4S/c1-4-30-26(29)23-17-33-15-14-28(23)16-20-10-12-22(13-11-20)31-18(2)24-19(3)32-25(27-24)21-8-6-5-7-9-21/h5-13,18,23H,4,14-17H2,1-3H3. The van der Waals surface area contributed by atoms with Crippen LogP contribution in [0.3, 0.4) is 0 Å². The van der Waals surface area contributed by atoms with Gasteiger partial charge in [-0.25, -0.2) is 4.98 Å². The first-order valence-electron chi connectivity index (χ1n) is 11.3. The van der Waals surface area contributed by atoms with E-state index in [0.717, 1.165) is 46.4 Å². The average Bonchev–Trinajstić information content (AvgIpc) is 3.23. The van der Waals surface area contributed by atoms with Crippen LogP contribution in [0.2, 0.25) is 0 Å². The zero-order valence-electron chi connectivity index (χ0n) is 19.3. The number of aromatic nitrogens is 1. The molecule has 2 unspecified atom stereocenters. The third-order valence-electron chi connectivity index (χ3n) is 5.66. The van der Waals surface area contributed by atoms with Gasteiger partial charge < -0.3 is 13.9 Å². The quantitative estimate of drug-likeness (QED) is 0.419. The molecule has 1 saturated heterocycles. The normalized spacial score (nSPS) is 17.5. The summed E-state index contributed by atoms with van der Waals surface area (Å²) in [5.74, 6) is 3.80. The molecule has 0 radical (unpaired) electrons. The van der Waals surface area contributed by atoms with Crippen molar-refractivity contribution >= 4 is 17.7 Å². The van der Waals surface area contributed by atoms with Crippen molar-refractivity contribution in [1.82, 2.24) is 9.88 Å². The van der Waals surface area contributed by atoms with Crippen LogP contribution in [0.25, 0.3) is 11.5 Å². The molecule has 0 bridgehead atoms. The molecule has 1 aliphatic rings. The van der Waals surface area contributed by atoms with E-state index in [0.29, 0.717) is 19.0 Å². The molecule has 2 heterocycles. The first-order valence-corrected chi connectivity index (χ1v) is 12.5. The summed E-state index contributed by atoms with van der Waals surface area (Å²) in [4.78, 5) is 19.2. The van der Waals surface area contributed by atoms with Crippen molar-refractivity contribution < 1.29 is 18.7 Å². The van der Waals surface area contributed by atoms with Crippen molar-refractivity contribution in [2.75, 3.05) is 24.7 Å². The number of thioether (sulfide) groups is 1. The molecule has 2 atom stereocenters. The highest BCUT2D eigenvalue weighted by atomic mass is 32.2. The highest BCUT2D eigenvalue weighted by Crippen LogP contribution is 2.28. The van der Waals surface area contributed by atoms with E-state index in [9.17, 15) is 4.79 Å². The lowest BCUT2D eigenvalue weighted by atomic mass is 10.1. The number of carbonyl (C=O) groups is 1. The Morgan fingerprint density at radius 2 is 1.97 bits per heavy atom. The summed E-state index contributed by atoms with van der Waals surface area (Å²) in [7, 11) is 0. The molecule has 7 heteroatoms. The Labute approximate surface area is 199 Å². The largest absolute Gasteiger partial charge is 0.484 e. The van der Waals surface area contributed by atoms with Gasteiger partial charge in [0.25, 0.3) is 0 Å². The summed E-state index contributed by atoms with van der Waals surface area (Å²) in [5.41, 5.74) is 2.88. The van der Waals surface area contributed by atoms with Crippen LogP contribution in [0.4, 0.5) is 0 Å². The van der Waals surface area contributed by atoms with Crippen molar-refractivity contribution in [2.24, 2.45) is 0 Å². The molecule has 2 aromatic carbocycles. The maximum Gasteiger partial charge on any atom is 0.324 e. The van der Waals surface area contributed by atoms with Crippen molar-refractivity contribution in [1.29, 1.82) is 0 Å². The fraction of sp³-hybridized carbons (Fsp3) is 0.385. The molecule has 33 heavy (non-hydrogen) atoms. The fourth-order valence-corrected chi connectivity index (χ4v) is 5.04. The molecule has 0 saturated carbocycles. The third-order valence-corrected chi connectivity index (χ3v) is 6.68. The van der Waals surface area contributed by atoms with Crippen molar-refractivity contribution in [3.8, 4) is 17.2 Å². The monoisotopic (exact) mass is 466 g/mol. The molecule has 0 aliphatic carbocycles. The highest BCUT2D eigenvalue weighted by Gasteiger charge is 2.30. The van der Waals surface area contributed by atoms with Crippen LogP contribution in [0.15, 0.2) is 59.0 Å². The second-order valence-electron chi connectivity index (χ2n) is 8.04. The molecule has 1 fully saturated rings. The molecule has 1 aromatic heterocycles. The van der Waals surface area contributed by atoms with E-state index in [1.807, 2.05) is 63.2 Å². The highest BCUT2D eigenvalue weighted by molar-refractivity contribution is 7.99. The SMILES string of the molecule is CCOC(=O)C1CSCCN1Cc1ccc(OC(C)c2nc(-c3ccccc3)oc2C)cc1. The van der Waals surface area contributed by atoms with E-state index in [2.05, 4.69) is 22.0 Å². The summed E-state index contributed by atoms with van der Waals surface area (Å²) in [5, 5.41) is 0. The number of hydrogen-bond acceptors (Lipinski definition) is 7. The van der Waals surface area contributed by atoms with Gasteiger partial charge in [-0.3, -0.25) is 9.69 Å². The van der Waals surface area contributed by atoms with E-state index in [-0.39, 0.29) is 18.1 Å². The van der Waals surface area contributed by atoms with E-state index in [1.165, 1.54) is 0 Å². The molecule has 174 valence electrons. The second-order valence-corrected chi connectivity index (χ2v) is 9.19. The molecule has 0 N–H and O–H groups in total. The predicted octanol–water partition coefficient (Wildman–Crippen LogP) is 5.27. The lowest BCUT2D eigenvalue weighted by Crippen LogP contribution is -2.47. The minimum atomic E-state index is -0.246. The zero-order chi connectivity index (χ0) is 23.2. The van der Waals surface area contributed by atoms with Gasteiger partial charge in [-0.15, -0.1) is 0 Å². The van der Waals surface area contributed by atoms with Crippen LogP contribution < -0.4 is 4.74 Å². The second kappa shape index (κ2) is 10.9. The number of carbonyl (C=O) groups excluding carboxylic acids is 1. The number of hydrogen-bond donors (Lipinski definition) is 0. The first-order chi connectivity index (χ1) is 16.0. The number of benzene rings is 2. The zero-order valence-corrected chi connectivity index (χ0v) is 20.1. The molecule has 1 aliphatic heterocycles. The van der Waals surface area contributed by atoms with Crippen LogP contribution in [-0.4, -0.2) is 46.6 Å². The van der Waals surface area contributed by atoms with Crippen molar-refractivity contribution in [3.63, 3.8) is 0 Å². The minimum Gasteiger partial charge on any atom is -0.484 e. The summed E-state index contributed by atoms with van der Waals surface area (Å²) < 4.78 is 17.3. The first kappa shape index (κ1) is 23.4. The maximum absolute atomic E-state index is 12.3. The lowest BCUT2D eigenvalue weighted by Gasteiger charge is -2.33. The Bertz CT molecular complexity index is 1050. The molecule has 6 nitrogen and oxygen atoms in total. The predicted molar refractivity (Wildman–Crippen MR) is 130 cm³/mol. The van der Waals surface area contributed by atoms with Gasteiger partial charge in [0.1, 0.15) is 29.3 Å². The van der Waals surface area contributed by atoms with Gasteiger partial charge in [-0.2, -0.15) is 11.8 Å². The van der Waals surface area contributed by atoms with Crippen LogP contribution in [-0.2, 0) is 16.1 Å². The molecule has 3 aromatic rings. The van der Waals surface area contributed by atoms with Crippen LogP contribution in [0, 0.1) is 6.92 Å². The smallest absolute Gasteiger partial charge is 0.324 e. The third kappa shape index (κ3) is 5.78.